The fraction of sp³-hybridized carbons (Fsp3) is 0.684. The van der Waals surface area contributed by atoms with Crippen molar-refractivity contribution in [3.05, 3.63) is 35.9 Å². The van der Waals surface area contributed by atoms with Crippen molar-refractivity contribution in [2.45, 2.75) is 52.1 Å². The zero-order valence-corrected chi connectivity index (χ0v) is 13.8. The summed E-state index contributed by atoms with van der Waals surface area (Å²) in [6.07, 6.45) is 4.24. The Morgan fingerprint density at radius 3 is 2.52 bits per heavy atom. The van der Waals surface area contributed by atoms with E-state index in [0.717, 1.165) is 6.54 Å². The van der Waals surface area contributed by atoms with Crippen LogP contribution < -0.4 is 5.32 Å². The highest BCUT2D eigenvalue weighted by atomic mass is 15.2. The molecule has 116 valence electrons. The Hall–Kier alpha value is -0.860. The van der Waals surface area contributed by atoms with Crippen molar-refractivity contribution in [1.29, 1.82) is 0 Å². The van der Waals surface area contributed by atoms with E-state index in [9.17, 15) is 0 Å². The van der Waals surface area contributed by atoms with E-state index >= 15 is 0 Å². The van der Waals surface area contributed by atoms with E-state index in [-0.39, 0.29) is 0 Å². The number of hydrogen-bond acceptors (Lipinski definition) is 2. The van der Waals surface area contributed by atoms with Gasteiger partial charge in [-0.25, -0.2) is 0 Å². The van der Waals surface area contributed by atoms with E-state index in [1.54, 1.807) is 0 Å². The number of piperazine rings is 1. The van der Waals surface area contributed by atoms with Gasteiger partial charge in [-0.05, 0) is 29.7 Å². The van der Waals surface area contributed by atoms with Crippen LogP contribution in [0.4, 0.5) is 0 Å². The normalized spacial score (nSPS) is 29.3. The summed E-state index contributed by atoms with van der Waals surface area (Å²) < 4.78 is 0. The number of hydrogen-bond donors (Lipinski definition) is 1. The minimum absolute atomic E-state index is 0.540. The molecule has 2 heteroatoms. The first kappa shape index (κ1) is 15.1. The predicted molar refractivity (Wildman–Crippen MR) is 89.3 cm³/mol. The molecule has 0 aromatic heterocycles. The largest absolute Gasteiger partial charge is 0.311 e. The minimum Gasteiger partial charge on any atom is -0.311 e. The first-order chi connectivity index (χ1) is 10.1. The van der Waals surface area contributed by atoms with Crippen LogP contribution in [0.25, 0.3) is 0 Å². The summed E-state index contributed by atoms with van der Waals surface area (Å²) in [5, 5.41) is 3.78. The molecule has 1 aromatic carbocycles. The maximum absolute atomic E-state index is 3.78. The molecule has 2 atom stereocenters. The second kappa shape index (κ2) is 6.10. The van der Waals surface area contributed by atoms with Crippen LogP contribution in [-0.2, 0) is 0 Å². The number of nitrogens with zero attached hydrogens (tertiary/aromatic N) is 1. The molecule has 2 aliphatic rings. The molecule has 1 saturated carbocycles. The summed E-state index contributed by atoms with van der Waals surface area (Å²) >= 11 is 0. The quantitative estimate of drug-likeness (QED) is 0.904. The van der Waals surface area contributed by atoms with Gasteiger partial charge in [0.1, 0.15) is 0 Å². The van der Waals surface area contributed by atoms with Gasteiger partial charge in [-0.15, -0.1) is 0 Å². The average Bonchev–Trinajstić information content (AvgIpc) is 2.46. The topological polar surface area (TPSA) is 15.3 Å². The van der Waals surface area contributed by atoms with E-state index in [2.05, 4.69) is 61.3 Å². The van der Waals surface area contributed by atoms with Gasteiger partial charge in [0.2, 0.25) is 0 Å². The fourth-order valence-electron chi connectivity index (χ4n) is 3.89. The third-order valence-corrected chi connectivity index (χ3v) is 5.58. The highest BCUT2D eigenvalue weighted by molar-refractivity contribution is 5.20. The molecule has 0 bridgehead atoms. The van der Waals surface area contributed by atoms with Gasteiger partial charge in [-0.2, -0.15) is 0 Å². The van der Waals surface area contributed by atoms with Crippen LogP contribution in [0.3, 0.4) is 0 Å². The first-order valence-corrected chi connectivity index (χ1v) is 8.60. The summed E-state index contributed by atoms with van der Waals surface area (Å²) in [4.78, 5) is 2.76. The Balaban J connectivity index is 1.77. The maximum atomic E-state index is 3.78. The molecule has 2 fully saturated rings. The van der Waals surface area contributed by atoms with Gasteiger partial charge in [0.25, 0.3) is 0 Å². The lowest BCUT2D eigenvalue weighted by molar-refractivity contribution is 0.0291. The average molecular weight is 286 g/mol. The summed E-state index contributed by atoms with van der Waals surface area (Å²) in [6.45, 7) is 10.7. The summed E-state index contributed by atoms with van der Waals surface area (Å²) in [5.41, 5.74) is 2.03. The minimum atomic E-state index is 0.540. The van der Waals surface area contributed by atoms with Crippen molar-refractivity contribution in [1.82, 2.24) is 10.2 Å². The molecule has 1 aliphatic carbocycles. The van der Waals surface area contributed by atoms with Crippen molar-refractivity contribution in [2.75, 3.05) is 19.6 Å². The highest BCUT2D eigenvalue weighted by Gasteiger charge is 2.38. The zero-order chi connectivity index (χ0) is 14.9. The van der Waals surface area contributed by atoms with Gasteiger partial charge in [0.15, 0.2) is 0 Å². The van der Waals surface area contributed by atoms with Crippen LogP contribution in [0.15, 0.2) is 30.3 Å². The smallest absolute Gasteiger partial charge is 0.0473 e. The van der Waals surface area contributed by atoms with Crippen LogP contribution >= 0.6 is 0 Å². The second-order valence-electron chi connectivity index (χ2n) is 7.78. The fourth-order valence-corrected chi connectivity index (χ4v) is 3.89. The monoisotopic (exact) mass is 286 g/mol. The number of benzene rings is 1. The summed E-state index contributed by atoms with van der Waals surface area (Å²) in [5.74, 6) is 0.707. The molecule has 21 heavy (non-hydrogen) atoms. The van der Waals surface area contributed by atoms with Crippen LogP contribution in [-0.4, -0.2) is 30.6 Å². The van der Waals surface area contributed by atoms with Crippen LogP contribution in [0, 0.1) is 11.3 Å². The second-order valence-corrected chi connectivity index (χ2v) is 7.78. The molecule has 2 nitrogen and oxygen atoms in total. The highest BCUT2D eigenvalue weighted by Crippen LogP contribution is 2.42. The van der Waals surface area contributed by atoms with E-state index in [0.29, 0.717) is 23.4 Å². The van der Waals surface area contributed by atoms with Gasteiger partial charge in [0, 0.05) is 31.7 Å². The molecular formula is C19H30N2. The van der Waals surface area contributed by atoms with E-state index in [1.807, 2.05) is 0 Å². The third-order valence-electron chi connectivity index (χ3n) is 5.58. The zero-order valence-electron chi connectivity index (χ0n) is 13.8. The Labute approximate surface area is 129 Å². The third kappa shape index (κ3) is 3.32. The lowest BCUT2D eigenvalue weighted by Crippen LogP contribution is -2.56. The molecule has 1 heterocycles. The lowest BCUT2D eigenvalue weighted by atomic mass is 9.69. The molecule has 0 amide bonds. The van der Waals surface area contributed by atoms with E-state index < -0.39 is 0 Å². The molecule has 1 N–H and O–H groups in total. The number of nitrogens with one attached hydrogen (secondary N) is 1. The molecule has 0 radical (unpaired) electrons. The molecular weight excluding hydrogens is 256 g/mol. The van der Waals surface area contributed by atoms with Crippen molar-refractivity contribution < 1.29 is 0 Å². The van der Waals surface area contributed by atoms with Crippen molar-refractivity contribution in [2.24, 2.45) is 11.3 Å². The SMILES string of the molecule is CC(C)C1CN(CC2(C)CCC2)C(c2ccccc2)CN1. The van der Waals surface area contributed by atoms with Gasteiger partial charge in [-0.3, -0.25) is 4.90 Å². The number of rotatable bonds is 4. The van der Waals surface area contributed by atoms with Crippen molar-refractivity contribution in [3.8, 4) is 0 Å². The first-order valence-electron chi connectivity index (χ1n) is 8.60. The van der Waals surface area contributed by atoms with Gasteiger partial charge >= 0.3 is 0 Å². The van der Waals surface area contributed by atoms with Crippen molar-refractivity contribution >= 4 is 0 Å². The molecule has 0 spiro atoms. The summed E-state index contributed by atoms with van der Waals surface area (Å²) in [7, 11) is 0. The Morgan fingerprint density at radius 1 is 1.24 bits per heavy atom. The molecule has 2 unspecified atom stereocenters. The van der Waals surface area contributed by atoms with E-state index in [4.69, 9.17) is 0 Å². The van der Waals surface area contributed by atoms with Gasteiger partial charge < -0.3 is 5.32 Å². The lowest BCUT2D eigenvalue weighted by Gasteiger charge is -2.49. The molecule has 3 rings (SSSR count). The predicted octanol–water partition coefficient (Wildman–Crippen LogP) is 3.85. The molecule has 1 aliphatic heterocycles. The van der Waals surface area contributed by atoms with Crippen LogP contribution in [0.2, 0.25) is 0 Å². The maximum Gasteiger partial charge on any atom is 0.0473 e. The van der Waals surface area contributed by atoms with Gasteiger partial charge in [0.05, 0.1) is 0 Å². The standard InChI is InChI=1S/C19H30N2/c1-15(2)17-13-21(14-19(3)10-7-11-19)18(12-20-17)16-8-5-4-6-9-16/h4-6,8-9,15,17-18,20H,7,10-14H2,1-3H3. The van der Waals surface area contributed by atoms with Crippen molar-refractivity contribution in [3.63, 3.8) is 0 Å². The van der Waals surface area contributed by atoms with Crippen LogP contribution in [0.5, 0.6) is 0 Å². The Kier molecular flexibility index (Phi) is 4.37. The molecule has 1 aromatic rings. The summed E-state index contributed by atoms with van der Waals surface area (Å²) in [6, 6.07) is 12.2. The van der Waals surface area contributed by atoms with Gasteiger partial charge in [-0.1, -0.05) is 57.5 Å². The molecule has 1 saturated heterocycles. The Bertz CT molecular complexity index is 450. The van der Waals surface area contributed by atoms with Crippen LogP contribution in [0.1, 0.15) is 51.6 Å². The van der Waals surface area contributed by atoms with E-state index in [1.165, 1.54) is 37.9 Å². The Morgan fingerprint density at radius 2 is 1.95 bits per heavy atom.